The van der Waals surface area contributed by atoms with Crippen LogP contribution in [0.25, 0.3) is 0 Å². The van der Waals surface area contributed by atoms with Gasteiger partial charge in [0.1, 0.15) is 6.61 Å². The lowest BCUT2D eigenvalue weighted by molar-refractivity contribution is -0.145. The average molecular weight is 216 g/mol. The van der Waals surface area contributed by atoms with E-state index in [0.717, 1.165) is 18.4 Å². The molecule has 1 aliphatic rings. The SMILES string of the molecule is CCCC1=CC1C(=O)OCc1ccccc1. The van der Waals surface area contributed by atoms with Gasteiger partial charge in [-0.15, -0.1) is 0 Å². The largest absolute Gasteiger partial charge is 0.460 e. The van der Waals surface area contributed by atoms with E-state index in [9.17, 15) is 4.79 Å². The lowest BCUT2D eigenvalue weighted by Crippen LogP contribution is -2.08. The lowest BCUT2D eigenvalue weighted by atomic mass is 10.2. The molecule has 0 spiro atoms. The van der Waals surface area contributed by atoms with Crippen LogP contribution < -0.4 is 0 Å². The quantitative estimate of drug-likeness (QED) is 0.558. The molecule has 2 nitrogen and oxygen atoms in total. The Morgan fingerprint density at radius 2 is 2.06 bits per heavy atom. The molecule has 1 unspecified atom stereocenters. The van der Waals surface area contributed by atoms with Gasteiger partial charge in [-0.05, 0) is 12.0 Å². The topological polar surface area (TPSA) is 26.3 Å². The molecular weight excluding hydrogens is 200 g/mol. The molecule has 0 radical (unpaired) electrons. The number of benzene rings is 1. The van der Waals surface area contributed by atoms with E-state index >= 15 is 0 Å². The van der Waals surface area contributed by atoms with Crippen LogP contribution in [-0.4, -0.2) is 5.97 Å². The maximum absolute atomic E-state index is 11.6. The number of carbonyl (C=O) groups is 1. The molecule has 1 aliphatic carbocycles. The highest BCUT2D eigenvalue weighted by Gasteiger charge is 2.32. The van der Waals surface area contributed by atoms with Crippen molar-refractivity contribution < 1.29 is 9.53 Å². The van der Waals surface area contributed by atoms with Crippen LogP contribution in [0.1, 0.15) is 25.3 Å². The molecule has 16 heavy (non-hydrogen) atoms. The van der Waals surface area contributed by atoms with Crippen LogP contribution in [0, 0.1) is 5.92 Å². The number of hydrogen-bond donors (Lipinski definition) is 0. The van der Waals surface area contributed by atoms with Crippen molar-refractivity contribution >= 4 is 5.97 Å². The second kappa shape index (κ2) is 4.97. The molecule has 0 amide bonds. The highest BCUT2D eigenvalue weighted by atomic mass is 16.5. The summed E-state index contributed by atoms with van der Waals surface area (Å²) >= 11 is 0. The van der Waals surface area contributed by atoms with Crippen LogP contribution in [0.15, 0.2) is 42.0 Å². The predicted octanol–water partition coefficient (Wildman–Crippen LogP) is 3.09. The smallest absolute Gasteiger partial charge is 0.317 e. The standard InChI is InChI=1S/C14H16O2/c1-2-6-12-9-13(12)14(15)16-10-11-7-4-3-5-8-11/h3-5,7-9,13H,2,6,10H2,1H3. The molecule has 84 valence electrons. The zero-order chi connectivity index (χ0) is 11.4. The maximum atomic E-state index is 11.6. The molecule has 0 N–H and O–H groups in total. The van der Waals surface area contributed by atoms with Gasteiger partial charge in [-0.1, -0.05) is 55.3 Å². The summed E-state index contributed by atoms with van der Waals surface area (Å²) in [7, 11) is 0. The predicted molar refractivity (Wildman–Crippen MR) is 62.7 cm³/mol. The van der Waals surface area contributed by atoms with Gasteiger partial charge in [-0.2, -0.15) is 0 Å². The fraction of sp³-hybridized carbons (Fsp3) is 0.357. The van der Waals surface area contributed by atoms with Crippen molar-refractivity contribution in [3.63, 3.8) is 0 Å². The average Bonchev–Trinajstić information content (AvgIpc) is 3.07. The maximum Gasteiger partial charge on any atom is 0.317 e. The van der Waals surface area contributed by atoms with Crippen LogP contribution in [-0.2, 0) is 16.1 Å². The normalized spacial score (nSPS) is 17.8. The van der Waals surface area contributed by atoms with Gasteiger partial charge in [-0.25, -0.2) is 0 Å². The number of esters is 1. The first-order valence-electron chi connectivity index (χ1n) is 5.72. The van der Waals surface area contributed by atoms with E-state index in [1.165, 1.54) is 5.57 Å². The van der Waals surface area contributed by atoms with Crippen molar-refractivity contribution in [1.82, 2.24) is 0 Å². The van der Waals surface area contributed by atoms with Gasteiger partial charge >= 0.3 is 5.97 Å². The second-order valence-electron chi connectivity index (χ2n) is 4.06. The van der Waals surface area contributed by atoms with E-state index in [1.54, 1.807) is 0 Å². The van der Waals surface area contributed by atoms with Crippen molar-refractivity contribution in [2.45, 2.75) is 26.4 Å². The molecule has 0 aromatic heterocycles. The summed E-state index contributed by atoms with van der Waals surface area (Å²) in [6.07, 6.45) is 4.11. The molecule has 1 aromatic rings. The van der Waals surface area contributed by atoms with E-state index in [2.05, 4.69) is 6.92 Å². The molecular formula is C14H16O2. The van der Waals surface area contributed by atoms with E-state index in [1.807, 2.05) is 36.4 Å². The number of rotatable bonds is 5. The number of carbonyl (C=O) groups excluding carboxylic acids is 1. The van der Waals surface area contributed by atoms with E-state index < -0.39 is 0 Å². The molecule has 1 atom stereocenters. The Hall–Kier alpha value is -1.57. The highest BCUT2D eigenvalue weighted by molar-refractivity contribution is 5.83. The fourth-order valence-corrected chi connectivity index (χ4v) is 1.73. The molecule has 0 bridgehead atoms. The lowest BCUT2D eigenvalue weighted by Gasteiger charge is -2.04. The summed E-state index contributed by atoms with van der Waals surface area (Å²) in [6, 6.07) is 9.76. The van der Waals surface area contributed by atoms with Crippen molar-refractivity contribution in [3.8, 4) is 0 Å². The van der Waals surface area contributed by atoms with Gasteiger partial charge in [0.15, 0.2) is 0 Å². The van der Waals surface area contributed by atoms with E-state index in [4.69, 9.17) is 4.74 Å². The first kappa shape index (κ1) is 10.9. The second-order valence-corrected chi connectivity index (χ2v) is 4.06. The van der Waals surface area contributed by atoms with Gasteiger partial charge in [-0.3, -0.25) is 4.79 Å². The van der Waals surface area contributed by atoms with E-state index in [0.29, 0.717) is 6.61 Å². The zero-order valence-electron chi connectivity index (χ0n) is 9.48. The minimum absolute atomic E-state index is 0.0244. The van der Waals surface area contributed by atoms with Crippen LogP contribution in [0.5, 0.6) is 0 Å². The third kappa shape index (κ3) is 2.72. The van der Waals surface area contributed by atoms with Crippen molar-refractivity contribution in [2.75, 3.05) is 0 Å². The summed E-state index contributed by atoms with van der Waals surface area (Å²) in [5, 5.41) is 0. The van der Waals surface area contributed by atoms with Gasteiger partial charge in [0.05, 0.1) is 5.92 Å². The summed E-state index contributed by atoms with van der Waals surface area (Å²) in [5.74, 6) is -0.129. The Labute approximate surface area is 95.9 Å². The first-order valence-corrected chi connectivity index (χ1v) is 5.72. The van der Waals surface area contributed by atoms with Crippen molar-refractivity contribution in [3.05, 3.63) is 47.5 Å². The highest BCUT2D eigenvalue weighted by Crippen LogP contribution is 2.33. The molecule has 0 heterocycles. The van der Waals surface area contributed by atoms with Crippen LogP contribution in [0.3, 0.4) is 0 Å². The van der Waals surface area contributed by atoms with Gasteiger partial charge in [0, 0.05) is 0 Å². The van der Waals surface area contributed by atoms with Crippen molar-refractivity contribution in [1.29, 1.82) is 0 Å². The molecule has 0 fully saturated rings. The molecule has 2 rings (SSSR count). The Morgan fingerprint density at radius 3 is 2.75 bits per heavy atom. The zero-order valence-corrected chi connectivity index (χ0v) is 9.48. The molecule has 0 saturated carbocycles. The van der Waals surface area contributed by atoms with Crippen LogP contribution >= 0.6 is 0 Å². The van der Waals surface area contributed by atoms with Crippen molar-refractivity contribution in [2.24, 2.45) is 5.92 Å². The Morgan fingerprint density at radius 1 is 1.31 bits per heavy atom. The Kier molecular flexibility index (Phi) is 3.40. The van der Waals surface area contributed by atoms with Gasteiger partial charge in [0.2, 0.25) is 0 Å². The minimum Gasteiger partial charge on any atom is -0.460 e. The summed E-state index contributed by atoms with van der Waals surface area (Å²) < 4.78 is 5.24. The monoisotopic (exact) mass is 216 g/mol. The van der Waals surface area contributed by atoms with Crippen LogP contribution in [0.2, 0.25) is 0 Å². The third-order valence-electron chi connectivity index (χ3n) is 2.69. The third-order valence-corrected chi connectivity index (χ3v) is 2.69. The molecule has 0 aliphatic heterocycles. The first-order chi connectivity index (χ1) is 7.81. The molecule has 1 aromatic carbocycles. The number of ether oxygens (including phenoxy) is 1. The van der Waals surface area contributed by atoms with Crippen LogP contribution in [0.4, 0.5) is 0 Å². The Bertz CT molecular complexity index is 392. The van der Waals surface area contributed by atoms with Gasteiger partial charge in [0.25, 0.3) is 0 Å². The Balaban J connectivity index is 1.74. The fourth-order valence-electron chi connectivity index (χ4n) is 1.73. The van der Waals surface area contributed by atoms with E-state index in [-0.39, 0.29) is 11.9 Å². The summed E-state index contributed by atoms with van der Waals surface area (Å²) in [6.45, 7) is 2.49. The number of hydrogen-bond acceptors (Lipinski definition) is 2. The van der Waals surface area contributed by atoms with Gasteiger partial charge < -0.3 is 4.74 Å². The summed E-state index contributed by atoms with van der Waals surface area (Å²) in [5.41, 5.74) is 2.27. The minimum atomic E-state index is -0.104. The summed E-state index contributed by atoms with van der Waals surface area (Å²) in [4.78, 5) is 11.6. The molecule has 2 heteroatoms. The molecule has 0 saturated heterocycles.